The molecule has 0 heterocycles. The van der Waals surface area contributed by atoms with Crippen molar-refractivity contribution < 1.29 is 10.2 Å². The van der Waals surface area contributed by atoms with Gasteiger partial charge < -0.3 is 15.9 Å². The van der Waals surface area contributed by atoms with Crippen LogP contribution in [0.2, 0.25) is 0 Å². The lowest BCUT2D eigenvalue weighted by atomic mass is 9.79. The third kappa shape index (κ3) is 1.47. The molecule has 0 aliphatic heterocycles. The Bertz CT molecular complexity index is 389. The Hall–Kier alpha value is -1.22. The fraction of sp³-hybridized carbons (Fsp3) is 0.500. The van der Waals surface area contributed by atoms with E-state index in [1.54, 1.807) is 12.1 Å². The first-order valence-electron chi connectivity index (χ1n) is 5.18. The lowest BCUT2D eigenvalue weighted by Crippen LogP contribution is -2.45. The van der Waals surface area contributed by atoms with Crippen LogP contribution in [-0.4, -0.2) is 15.8 Å². The predicted molar refractivity (Wildman–Crippen MR) is 59.0 cm³/mol. The van der Waals surface area contributed by atoms with E-state index in [0.29, 0.717) is 0 Å². The summed E-state index contributed by atoms with van der Waals surface area (Å²) >= 11 is 0. The second kappa shape index (κ2) is 2.89. The maximum absolute atomic E-state index is 9.81. The van der Waals surface area contributed by atoms with Crippen molar-refractivity contribution in [1.82, 2.24) is 0 Å². The fourth-order valence-electron chi connectivity index (χ4n) is 2.31. The monoisotopic (exact) mass is 207 g/mol. The highest BCUT2D eigenvalue weighted by molar-refractivity contribution is 5.48. The van der Waals surface area contributed by atoms with Crippen LogP contribution in [0, 0.1) is 0 Å². The normalized spacial score (nSPS) is 18.9. The first kappa shape index (κ1) is 10.3. The number of nitrogens with two attached hydrogens (primary N) is 1. The molecule has 3 heteroatoms. The number of hydrogen-bond acceptors (Lipinski definition) is 3. The van der Waals surface area contributed by atoms with E-state index in [1.807, 2.05) is 13.8 Å². The van der Waals surface area contributed by atoms with E-state index in [1.165, 1.54) is 6.07 Å². The summed E-state index contributed by atoms with van der Waals surface area (Å²) in [6.45, 7) is 3.96. The molecule has 0 unspecified atom stereocenters. The number of hydrogen-bond donors (Lipinski definition) is 3. The zero-order valence-electron chi connectivity index (χ0n) is 9.12. The fourth-order valence-corrected chi connectivity index (χ4v) is 2.31. The van der Waals surface area contributed by atoms with Crippen LogP contribution in [0.3, 0.4) is 0 Å². The van der Waals surface area contributed by atoms with E-state index < -0.39 is 0 Å². The topological polar surface area (TPSA) is 66.5 Å². The number of phenols is 2. The predicted octanol–water partition coefficient (Wildman–Crippen LogP) is 1.87. The molecule has 0 amide bonds. The molecular formula is C12H17NO2. The van der Waals surface area contributed by atoms with Crippen molar-refractivity contribution in [1.29, 1.82) is 0 Å². The van der Waals surface area contributed by atoms with Gasteiger partial charge in [-0.15, -0.1) is 0 Å². The maximum Gasteiger partial charge on any atom is 0.123 e. The van der Waals surface area contributed by atoms with Gasteiger partial charge in [0, 0.05) is 22.6 Å². The molecule has 1 aromatic rings. The number of rotatable bonds is 2. The Morgan fingerprint density at radius 1 is 1.27 bits per heavy atom. The highest BCUT2D eigenvalue weighted by Crippen LogP contribution is 2.57. The Kier molecular flexibility index (Phi) is 1.98. The summed E-state index contributed by atoms with van der Waals surface area (Å²) < 4.78 is 0. The van der Waals surface area contributed by atoms with E-state index >= 15 is 0 Å². The van der Waals surface area contributed by atoms with Gasteiger partial charge >= 0.3 is 0 Å². The molecule has 1 fully saturated rings. The van der Waals surface area contributed by atoms with Crippen molar-refractivity contribution in [3.8, 4) is 11.5 Å². The molecule has 1 aromatic carbocycles. The summed E-state index contributed by atoms with van der Waals surface area (Å²) in [7, 11) is 0. The molecule has 0 aromatic heterocycles. The van der Waals surface area contributed by atoms with Crippen molar-refractivity contribution in [2.45, 2.75) is 37.6 Å². The van der Waals surface area contributed by atoms with Crippen LogP contribution in [0.5, 0.6) is 11.5 Å². The standard InChI is InChI=1S/C12H17NO2/c1-11(2,13)12(5-6-12)9-4-3-8(14)7-10(9)15/h3-4,7,14-15H,5-6,13H2,1-2H3. The largest absolute Gasteiger partial charge is 0.508 e. The minimum Gasteiger partial charge on any atom is -0.508 e. The molecule has 3 nitrogen and oxygen atoms in total. The third-order valence-corrected chi connectivity index (χ3v) is 3.48. The second-order valence-electron chi connectivity index (χ2n) is 5.01. The molecule has 0 spiro atoms. The molecule has 1 aliphatic rings. The lowest BCUT2D eigenvalue weighted by molar-refractivity contribution is 0.370. The Morgan fingerprint density at radius 3 is 2.27 bits per heavy atom. The minimum atomic E-state index is -0.346. The van der Waals surface area contributed by atoms with Gasteiger partial charge in [0.15, 0.2) is 0 Å². The number of phenolic OH excluding ortho intramolecular Hbond substituents is 2. The average Bonchev–Trinajstić information content (AvgIpc) is 2.83. The van der Waals surface area contributed by atoms with Gasteiger partial charge in [0.2, 0.25) is 0 Å². The quantitative estimate of drug-likeness (QED) is 0.693. The van der Waals surface area contributed by atoms with E-state index in [4.69, 9.17) is 5.73 Å². The van der Waals surface area contributed by atoms with Gasteiger partial charge in [-0.25, -0.2) is 0 Å². The van der Waals surface area contributed by atoms with Crippen molar-refractivity contribution in [3.63, 3.8) is 0 Å². The van der Waals surface area contributed by atoms with E-state index in [2.05, 4.69) is 0 Å². The minimum absolute atomic E-state index is 0.0851. The summed E-state index contributed by atoms with van der Waals surface area (Å²) in [4.78, 5) is 0. The van der Waals surface area contributed by atoms with E-state index in [0.717, 1.165) is 18.4 Å². The first-order chi connectivity index (χ1) is 6.87. The molecule has 2 rings (SSSR count). The summed E-state index contributed by atoms with van der Waals surface area (Å²) in [6.07, 6.45) is 1.99. The van der Waals surface area contributed by atoms with Gasteiger partial charge in [-0.3, -0.25) is 0 Å². The van der Waals surface area contributed by atoms with Crippen molar-refractivity contribution in [2.24, 2.45) is 5.73 Å². The molecule has 1 saturated carbocycles. The zero-order valence-corrected chi connectivity index (χ0v) is 9.12. The van der Waals surface area contributed by atoms with Crippen LogP contribution < -0.4 is 5.73 Å². The molecule has 1 aliphatic carbocycles. The third-order valence-electron chi connectivity index (χ3n) is 3.48. The molecule has 0 atom stereocenters. The van der Waals surface area contributed by atoms with Gasteiger partial charge in [-0.1, -0.05) is 6.07 Å². The Labute approximate surface area is 89.5 Å². The second-order valence-corrected chi connectivity index (χ2v) is 5.01. The maximum atomic E-state index is 9.81. The zero-order chi connectivity index (χ0) is 11.3. The van der Waals surface area contributed by atoms with Crippen molar-refractivity contribution in [3.05, 3.63) is 23.8 Å². The van der Waals surface area contributed by atoms with Gasteiger partial charge in [0.1, 0.15) is 11.5 Å². The first-order valence-corrected chi connectivity index (χ1v) is 5.18. The Balaban J connectivity index is 2.47. The van der Waals surface area contributed by atoms with Crippen LogP contribution in [0.25, 0.3) is 0 Å². The highest BCUT2D eigenvalue weighted by Gasteiger charge is 2.54. The molecule has 0 radical (unpaired) electrons. The van der Waals surface area contributed by atoms with Crippen molar-refractivity contribution in [2.75, 3.05) is 0 Å². The van der Waals surface area contributed by atoms with Crippen LogP contribution in [0.1, 0.15) is 32.3 Å². The van der Waals surface area contributed by atoms with Crippen LogP contribution in [0.4, 0.5) is 0 Å². The van der Waals surface area contributed by atoms with E-state index in [-0.39, 0.29) is 22.5 Å². The molecule has 15 heavy (non-hydrogen) atoms. The van der Waals surface area contributed by atoms with Crippen LogP contribution in [-0.2, 0) is 5.41 Å². The van der Waals surface area contributed by atoms with Gasteiger partial charge in [-0.2, -0.15) is 0 Å². The van der Waals surface area contributed by atoms with Crippen molar-refractivity contribution >= 4 is 0 Å². The summed E-state index contributed by atoms with van der Waals surface area (Å²) in [5.74, 6) is 0.230. The SMILES string of the molecule is CC(C)(N)C1(c2ccc(O)cc2O)CC1. The smallest absolute Gasteiger partial charge is 0.123 e. The molecule has 0 bridgehead atoms. The average molecular weight is 207 g/mol. The Morgan fingerprint density at radius 2 is 1.87 bits per heavy atom. The summed E-state index contributed by atoms with van der Waals surface area (Å²) in [5.41, 5.74) is 6.53. The number of benzene rings is 1. The molecule has 0 saturated heterocycles. The van der Waals surface area contributed by atoms with Gasteiger partial charge in [0.25, 0.3) is 0 Å². The summed E-state index contributed by atoms with van der Waals surface area (Å²) in [6, 6.07) is 4.74. The number of aromatic hydroxyl groups is 2. The van der Waals surface area contributed by atoms with Crippen LogP contribution in [0.15, 0.2) is 18.2 Å². The lowest BCUT2D eigenvalue weighted by Gasteiger charge is -2.31. The highest BCUT2D eigenvalue weighted by atomic mass is 16.3. The molecule has 82 valence electrons. The van der Waals surface area contributed by atoms with Crippen LogP contribution >= 0.6 is 0 Å². The molecule has 4 N–H and O–H groups in total. The molecular weight excluding hydrogens is 190 g/mol. The van der Waals surface area contributed by atoms with E-state index in [9.17, 15) is 10.2 Å². The summed E-state index contributed by atoms with van der Waals surface area (Å²) in [5, 5.41) is 19.0. The van der Waals surface area contributed by atoms with Gasteiger partial charge in [-0.05, 0) is 32.8 Å². The van der Waals surface area contributed by atoms with Gasteiger partial charge in [0.05, 0.1) is 0 Å².